The van der Waals surface area contributed by atoms with Crippen LogP contribution in [0.1, 0.15) is 128 Å². The van der Waals surface area contributed by atoms with Gasteiger partial charge in [0, 0.05) is 0 Å². The topological polar surface area (TPSA) is 18.5 Å². The lowest BCUT2D eigenvalue weighted by atomic mass is 9.66. The average Bonchev–Trinajstić information content (AvgIpc) is 3.01. The summed E-state index contributed by atoms with van der Waals surface area (Å²) in [5, 5.41) is 0. The number of ether oxygens (including phenoxy) is 2. The Kier molecular flexibility index (Phi) is 11.0. The zero-order valence-electron chi connectivity index (χ0n) is 25.1. The van der Waals surface area contributed by atoms with Gasteiger partial charge in [-0.3, -0.25) is 0 Å². The first-order valence-electron chi connectivity index (χ1n) is 16.9. The molecule has 0 aromatic heterocycles. The molecule has 0 N–H and O–H groups in total. The number of rotatable bonds is 10. The van der Waals surface area contributed by atoms with Gasteiger partial charge < -0.3 is 9.47 Å². The van der Waals surface area contributed by atoms with Crippen LogP contribution in [0.15, 0.2) is 24.8 Å². The summed E-state index contributed by atoms with van der Waals surface area (Å²) >= 11 is 0. The summed E-state index contributed by atoms with van der Waals surface area (Å²) in [5.41, 5.74) is 0.528. The van der Waals surface area contributed by atoms with Crippen LogP contribution in [0.25, 0.3) is 0 Å². The van der Waals surface area contributed by atoms with Gasteiger partial charge in [-0.05, 0) is 149 Å². The highest BCUT2D eigenvalue weighted by Crippen LogP contribution is 2.46. The number of hydrogen-bond donors (Lipinski definition) is 0. The van der Waals surface area contributed by atoms with E-state index in [1.54, 1.807) is 12.1 Å². The molecule has 2 atom stereocenters. The van der Waals surface area contributed by atoms with Gasteiger partial charge in [-0.1, -0.05) is 31.9 Å². The van der Waals surface area contributed by atoms with Gasteiger partial charge >= 0.3 is 0 Å². The smallest absolute Gasteiger partial charge is 0.200 e. The van der Waals surface area contributed by atoms with Gasteiger partial charge in [0.1, 0.15) is 0 Å². The fourth-order valence-electron chi connectivity index (χ4n) is 8.91. The minimum absolute atomic E-state index is 0.0393. The van der Waals surface area contributed by atoms with Crippen molar-refractivity contribution in [3.05, 3.63) is 42.0 Å². The van der Waals surface area contributed by atoms with E-state index in [0.29, 0.717) is 24.2 Å². The van der Waals surface area contributed by atoms with E-state index in [1.807, 2.05) is 6.92 Å². The lowest BCUT2D eigenvalue weighted by Crippen LogP contribution is -2.37. The molecule has 4 aliphatic rings. The quantitative estimate of drug-likeness (QED) is 0.267. The highest BCUT2D eigenvalue weighted by atomic mass is 19.2. The van der Waals surface area contributed by atoms with E-state index in [1.165, 1.54) is 77.0 Å². The van der Waals surface area contributed by atoms with E-state index in [9.17, 15) is 8.78 Å². The Morgan fingerprint density at radius 2 is 1.38 bits per heavy atom. The van der Waals surface area contributed by atoms with Crippen LogP contribution in [0.2, 0.25) is 0 Å². The molecule has 1 saturated heterocycles. The van der Waals surface area contributed by atoms with Gasteiger partial charge in [-0.25, -0.2) is 4.39 Å². The van der Waals surface area contributed by atoms with Crippen molar-refractivity contribution in [2.75, 3.05) is 13.2 Å². The first-order valence-corrected chi connectivity index (χ1v) is 16.9. The zero-order valence-corrected chi connectivity index (χ0v) is 25.1. The van der Waals surface area contributed by atoms with Crippen LogP contribution in [0, 0.1) is 47.1 Å². The maximum atomic E-state index is 14.8. The average molecular weight is 557 g/mol. The molecule has 3 saturated carbocycles. The van der Waals surface area contributed by atoms with Crippen molar-refractivity contribution in [1.82, 2.24) is 0 Å². The Bertz CT molecular complexity index is 915. The number of hydrogen-bond acceptors (Lipinski definition) is 2. The first kappa shape index (κ1) is 30.1. The van der Waals surface area contributed by atoms with E-state index < -0.39 is 11.6 Å². The first-order chi connectivity index (χ1) is 19.6. The zero-order chi connectivity index (χ0) is 27.9. The third-order valence-electron chi connectivity index (χ3n) is 11.4. The van der Waals surface area contributed by atoms with Gasteiger partial charge in [0.05, 0.1) is 19.3 Å². The standard InChI is InChI=1S/C36H54F2O2/c1-3-5-6-25-7-9-26(10-8-25)27-11-13-28(14-12-27)31-19-21-33(40-24-31)30-17-15-29(16-18-30)32-20-22-34(39-23-4-2)36(38)35(32)37/h3,20,22,25-31,33H,1,4-19,21,23-24H2,2H3. The van der Waals surface area contributed by atoms with Crippen molar-refractivity contribution < 1.29 is 18.3 Å². The molecule has 2 unspecified atom stereocenters. The van der Waals surface area contributed by atoms with E-state index >= 15 is 0 Å². The SMILES string of the molecule is C=CCCC1CCC(C2CCC(C3CCC(C4CCC(c5ccc(OCCC)c(F)c5F)CC4)OC3)CC2)CC1. The van der Waals surface area contributed by atoms with Crippen LogP contribution in [-0.2, 0) is 4.74 Å². The fraction of sp³-hybridized carbons (Fsp3) is 0.778. The molecule has 0 bridgehead atoms. The molecule has 4 fully saturated rings. The summed E-state index contributed by atoms with van der Waals surface area (Å²) in [4.78, 5) is 0. The third-order valence-corrected chi connectivity index (χ3v) is 11.4. The molecule has 0 amide bonds. The number of benzene rings is 1. The molecule has 1 aliphatic heterocycles. The summed E-state index contributed by atoms with van der Waals surface area (Å²) in [7, 11) is 0. The van der Waals surface area contributed by atoms with Gasteiger partial charge in [-0.2, -0.15) is 4.39 Å². The normalized spacial score (nSPS) is 35.3. The highest BCUT2D eigenvalue weighted by molar-refractivity contribution is 5.33. The monoisotopic (exact) mass is 556 g/mol. The summed E-state index contributed by atoms with van der Waals surface area (Å²) < 4.78 is 41.3. The van der Waals surface area contributed by atoms with Crippen molar-refractivity contribution in [2.45, 2.75) is 128 Å². The molecule has 5 rings (SSSR count). The molecule has 0 spiro atoms. The number of allylic oxidation sites excluding steroid dienone is 1. The second-order valence-electron chi connectivity index (χ2n) is 13.8. The highest BCUT2D eigenvalue weighted by Gasteiger charge is 2.37. The Labute approximate surface area is 242 Å². The van der Waals surface area contributed by atoms with Crippen molar-refractivity contribution in [3.63, 3.8) is 0 Å². The van der Waals surface area contributed by atoms with E-state index in [-0.39, 0.29) is 11.7 Å². The van der Waals surface area contributed by atoms with Gasteiger partial charge in [0.25, 0.3) is 0 Å². The fourth-order valence-corrected chi connectivity index (χ4v) is 8.91. The van der Waals surface area contributed by atoms with Crippen LogP contribution in [-0.4, -0.2) is 19.3 Å². The molecule has 4 heteroatoms. The Morgan fingerprint density at radius 1 is 0.775 bits per heavy atom. The van der Waals surface area contributed by atoms with Crippen molar-refractivity contribution in [3.8, 4) is 5.75 Å². The summed E-state index contributed by atoms with van der Waals surface area (Å²) in [5.74, 6) is 3.69. The lowest BCUT2D eigenvalue weighted by Gasteiger charge is -2.43. The van der Waals surface area contributed by atoms with Gasteiger partial charge in [0.2, 0.25) is 5.82 Å². The van der Waals surface area contributed by atoms with Gasteiger partial charge in [0.15, 0.2) is 11.6 Å². The lowest BCUT2D eigenvalue weighted by molar-refractivity contribution is -0.0733. The predicted octanol–water partition coefficient (Wildman–Crippen LogP) is 10.4. The molecule has 0 radical (unpaired) electrons. The minimum Gasteiger partial charge on any atom is -0.490 e. The predicted molar refractivity (Wildman–Crippen MR) is 160 cm³/mol. The maximum absolute atomic E-state index is 14.8. The second kappa shape index (κ2) is 14.7. The molecule has 224 valence electrons. The Morgan fingerprint density at radius 3 is 1.98 bits per heavy atom. The second-order valence-corrected chi connectivity index (χ2v) is 13.8. The summed E-state index contributed by atoms with van der Waals surface area (Å²) in [6.45, 7) is 7.20. The van der Waals surface area contributed by atoms with Crippen LogP contribution < -0.4 is 4.74 Å². The molecule has 1 aromatic rings. The summed E-state index contributed by atoms with van der Waals surface area (Å²) in [6, 6.07) is 3.36. The van der Waals surface area contributed by atoms with Crippen LogP contribution >= 0.6 is 0 Å². The molecule has 3 aliphatic carbocycles. The Balaban J connectivity index is 1.01. The van der Waals surface area contributed by atoms with E-state index in [0.717, 1.165) is 68.3 Å². The molecule has 1 aromatic carbocycles. The van der Waals surface area contributed by atoms with Crippen molar-refractivity contribution in [1.29, 1.82) is 0 Å². The van der Waals surface area contributed by atoms with Crippen LogP contribution in [0.4, 0.5) is 8.78 Å². The molecular weight excluding hydrogens is 502 g/mol. The molecular formula is C36H54F2O2. The molecule has 1 heterocycles. The van der Waals surface area contributed by atoms with Crippen LogP contribution in [0.3, 0.4) is 0 Å². The molecule has 2 nitrogen and oxygen atoms in total. The van der Waals surface area contributed by atoms with E-state index in [4.69, 9.17) is 9.47 Å². The number of halogens is 2. The third kappa shape index (κ3) is 7.31. The van der Waals surface area contributed by atoms with E-state index in [2.05, 4.69) is 12.7 Å². The Hall–Kier alpha value is -1.42. The molecule has 40 heavy (non-hydrogen) atoms. The van der Waals surface area contributed by atoms with Gasteiger partial charge in [-0.15, -0.1) is 6.58 Å². The summed E-state index contributed by atoms with van der Waals surface area (Å²) in [6.07, 6.45) is 23.7. The largest absolute Gasteiger partial charge is 0.490 e. The van der Waals surface area contributed by atoms with Crippen molar-refractivity contribution in [2.24, 2.45) is 35.5 Å². The van der Waals surface area contributed by atoms with Crippen molar-refractivity contribution >= 4 is 0 Å². The maximum Gasteiger partial charge on any atom is 0.200 e. The minimum atomic E-state index is -0.824. The van der Waals surface area contributed by atoms with Crippen LogP contribution in [0.5, 0.6) is 5.75 Å².